The highest BCUT2D eigenvalue weighted by molar-refractivity contribution is 7.17. The van der Waals surface area contributed by atoms with Gasteiger partial charge in [-0.2, -0.15) is 0 Å². The van der Waals surface area contributed by atoms with Crippen molar-refractivity contribution in [3.63, 3.8) is 0 Å². The third kappa shape index (κ3) is 3.88. The Hall–Kier alpha value is -3.20. The van der Waals surface area contributed by atoms with E-state index >= 15 is 0 Å². The molecule has 1 aromatic carbocycles. The summed E-state index contributed by atoms with van der Waals surface area (Å²) >= 11 is 1.36. The second-order valence-corrected chi connectivity index (χ2v) is 9.02. The topological polar surface area (TPSA) is 96.0 Å². The number of esters is 1. The third-order valence-electron chi connectivity index (χ3n) is 5.72. The average Bonchev–Trinajstić information content (AvgIpc) is 3.38. The molecule has 1 unspecified atom stereocenters. The van der Waals surface area contributed by atoms with E-state index in [0.717, 1.165) is 40.2 Å². The number of ether oxygens (including phenoxy) is 1. The first-order valence-electron chi connectivity index (χ1n) is 10.6. The maximum Gasteiger partial charge on any atom is 0.341 e. The summed E-state index contributed by atoms with van der Waals surface area (Å²) in [7, 11) is 0. The van der Waals surface area contributed by atoms with Crippen LogP contribution in [0.25, 0.3) is 0 Å². The summed E-state index contributed by atoms with van der Waals surface area (Å²) in [6.45, 7) is 5.12. The molecule has 4 rings (SSSR count). The number of imide groups is 1. The molecule has 1 fully saturated rings. The van der Waals surface area contributed by atoms with Crippen LogP contribution >= 0.6 is 11.3 Å². The molecular weight excluding hydrogens is 430 g/mol. The standard InChI is InChI=1S/C23H25N3O5S/c1-4-31-22(29)19-16-6-5-7-17(16)32-20(19)24-18(27)12-25-21(28)14(3)26(23(25)30)15-10-8-13(2)9-11-15/h8-11,14H,4-7,12H2,1-3H3,(H,24,27). The Morgan fingerprint density at radius 3 is 2.59 bits per heavy atom. The molecule has 8 nitrogen and oxygen atoms in total. The van der Waals surface area contributed by atoms with Crippen molar-refractivity contribution in [3.8, 4) is 0 Å². The Balaban J connectivity index is 1.51. The first-order chi connectivity index (χ1) is 15.3. The van der Waals surface area contributed by atoms with Crippen LogP contribution in [0.1, 0.15) is 46.6 Å². The molecule has 168 valence electrons. The van der Waals surface area contributed by atoms with E-state index in [1.165, 1.54) is 16.2 Å². The third-order valence-corrected chi connectivity index (χ3v) is 6.92. The highest BCUT2D eigenvalue weighted by atomic mass is 32.1. The normalized spacial score (nSPS) is 17.7. The smallest absolute Gasteiger partial charge is 0.341 e. The summed E-state index contributed by atoms with van der Waals surface area (Å²) in [5.41, 5.74) is 2.96. The summed E-state index contributed by atoms with van der Waals surface area (Å²) in [6.07, 6.45) is 2.59. The zero-order valence-electron chi connectivity index (χ0n) is 18.3. The minimum Gasteiger partial charge on any atom is -0.462 e. The average molecular weight is 456 g/mol. The van der Waals surface area contributed by atoms with Crippen LogP contribution in [0.2, 0.25) is 0 Å². The van der Waals surface area contributed by atoms with Gasteiger partial charge in [-0.15, -0.1) is 11.3 Å². The Morgan fingerprint density at radius 2 is 1.91 bits per heavy atom. The molecule has 9 heteroatoms. The lowest BCUT2D eigenvalue weighted by atomic mass is 10.1. The van der Waals surface area contributed by atoms with E-state index in [0.29, 0.717) is 16.3 Å². The van der Waals surface area contributed by atoms with Gasteiger partial charge in [0.25, 0.3) is 5.91 Å². The van der Waals surface area contributed by atoms with E-state index in [9.17, 15) is 19.2 Å². The molecule has 0 spiro atoms. The van der Waals surface area contributed by atoms with Crippen molar-refractivity contribution in [2.24, 2.45) is 0 Å². The Bertz CT molecular complexity index is 1090. The molecule has 1 N–H and O–H groups in total. The van der Waals surface area contributed by atoms with Crippen molar-refractivity contribution >= 4 is 45.8 Å². The molecule has 2 heterocycles. The zero-order chi connectivity index (χ0) is 23.0. The molecule has 1 aromatic heterocycles. The molecule has 0 radical (unpaired) electrons. The number of anilines is 2. The van der Waals surface area contributed by atoms with Crippen LogP contribution in [0, 0.1) is 6.92 Å². The maximum atomic E-state index is 13.0. The number of carbonyl (C=O) groups is 4. The lowest BCUT2D eigenvalue weighted by Gasteiger charge is -2.19. The van der Waals surface area contributed by atoms with E-state index in [-0.39, 0.29) is 6.61 Å². The first kappa shape index (κ1) is 22.0. The quantitative estimate of drug-likeness (QED) is 0.531. The summed E-state index contributed by atoms with van der Waals surface area (Å²) < 4.78 is 5.18. The monoisotopic (exact) mass is 455 g/mol. The largest absolute Gasteiger partial charge is 0.462 e. The lowest BCUT2D eigenvalue weighted by Crippen LogP contribution is -2.39. The van der Waals surface area contributed by atoms with E-state index in [4.69, 9.17) is 4.74 Å². The Kier molecular flexibility index (Phi) is 6.01. The summed E-state index contributed by atoms with van der Waals surface area (Å²) in [5.74, 6) is -1.44. The SMILES string of the molecule is CCOC(=O)c1c(NC(=O)CN2C(=O)C(C)N(c3ccc(C)cc3)C2=O)sc2c1CCC2. The number of carbonyl (C=O) groups excluding carboxylic acids is 4. The number of fused-ring (bicyclic) bond motifs is 1. The van der Waals surface area contributed by atoms with E-state index < -0.39 is 36.4 Å². The maximum absolute atomic E-state index is 13.0. The van der Waals surface area contributed by atoms with Crippen LogP contribution in [0.5, 0.6) is 0 Å². The Morgan fingerprint density at radius 1 is 1.19 bits per heavy atom. The Labute approximate surface area is 190 Å². The first-order valence-corrected chi connectivity index (χ1v) is 11.5. The van der Waals surface area contributed by atoms with Crippen molar-refractivity contribution in [2.75, 3.05) is 23.4 Å². The number of hydrogen-bond donors (Lipinski definition) is 1. The zero-order valence-corrected chi connectivity index (χ0v) is 19.1. The van der Waals surface area contributed by atoms with Crippen molar-refractivity contribution in [1.82, 2.24) is 4.90 Å². The van der Waals surface area contributed by atoms with E-state index in [2.05, 4.69) is 5.32 Å². The fourth-order valence-corrected chi connectivity index (χ4v) is 5.43. The number of hydrogen-bond acceptors (Lipinski definition) is 6. The van der Waals surface area contributed by atoms with Gasteiger partial charge in [0, 0.05) is 10.6 Å². The van der Waals surface area contributed by atoms with Gasteiger partial charge in [-0.25, -0.2) is 9.59 Å². The fraction of sp³-hybridized carbons (Fsp3) is 0.391. The van der Waals surface area contributed by atoms with Crippen molar-refractivity contribution in [2.45, 2.75) is 46.1 Å². The minimum atomic E-state index is -0.710. The number of aryl methyl sites for hydroxylation is 2. The van der Waals surface area contributed by atoms with E-state index in [1.807, 2.05) is 19.1 Å². The molecule has 1 aliphatic heterocycles. The second kappa shape index (κ2) is 8.74. The second-order valence-electron chi connectivity index (χ2n) is 7.92. The summed E-state index contributed by atoms with van der Waals surface area (Å²) in [6, 6.07) is 6.03. The molecule has 4 amide bonds. The number of urea groups is 1. The number of thiophene rings is 1. The van der Waals surface area contributed by atoms with Gasteiger partial charge >= 0.3 is 12.0 Å². The van der Waals surface area contributed by atoms with Crippen LogP contribution < -0.4 is 10.2 Å². The van der Waals surface area contributed by atoms with Gasteiger partial charge in [0.1, 0.15) is 17.6 Å². The lowest BCUT2D eigenvalue weighted by molar-refractivity contribution is -0.130. The van der Waals surface area contributed by atoms with Gasteiger partial charge in [0.05, 0.1) is 12.2 Å². The number of nitrogens with one attached hydrogen (secondary N) is 1. The fourth-order valence-electron chi connectivity index (χ4n) is 4.13. The predicted molar refractivity (Wildman–Crippen MR) is 121 cm³/mol. The minimum absolute atomic E-state index is 0.236. The number of benzene rings is 1. The molecule has 2 aliphatic rings. The van der Waals surface area contributed by atoms with Gasteiger partial charge in [-0.05, 0) is 57.7 Å². The van der Waals surface area contributed by atoms with Gasteiger partial charge < -0.3 is 10.1 Å². The summed E-state index contributed by atoms with van der Waals surface area (Å²) in [5, 5.41) is 3.16. The molecule has 1 saturated heterocycles. The van der Waals surface area contributed by atoms with Crippen molar-refractivity contribution in [3.05, 3.63) is 45.8 Å². The van der Waals surface area contributed by atoms with Crippen LogP contribution in [0.4, 0.5) is 15.5 Å². The van der Waals surface area contributed by atoms with Crippen LogP contribution in [0.15, 0.2) is 24.3 Å². The highest BCUT2D eigenvalue weighted by Crippen LogP contribution is 2.39. The van der Waals surface area contributed by atoms with Gasteiger partial charge in [0.15, 0.2) is 0 Å². The van der Waals surface area contributed by atoms with Gasteiger partial charge in [0.2, 0.25) is 5.91 Å². The molecule has 0 bridgehead atoms. The molecule has 1 aliphatic carbocycles. The molecule has 32 heavy (non-hydrogen) atoms. The molecule has 0 saturated carbocycles. The summed E-state index contributed by atoms with van der Waals surface area (Å²) in [4.78, 5) is 54.4. The molecule has 1 atom stereocenters. The molecular formula is C23H25N3O5S. The van der Waals surface area contributed by atoms with Crippen LogP contribution in [-0.4, -0.2) is 47.9 Å². The van der Waals surface area contributed by atoms with Crippen LogP contribution in [-0.2, 0) is 27.2 Å². The van der Waals surface area contributed by atoms with E-state index in [1.54, 1.807) is 26.0 Å². The van der Waals surface area contributed by atoms with Crippen LogP contribution in [0.3, 0.4) is 0 Å². The molecule has 2 aromatic rings. The number of amides is 4. The van der Waals surface area contributed by atoms with Crippen molar-refractivity contribution < 1.29 is 23.9 Å². The highest BCUT2D eigenvalue weighted by Gasteiger charge is 2.44. The van der Waals surface area contributed by atoms with Crippen molar-refractivity contribution in [1.29, 1.82) is 0 Å². The predicted octanol–water partition coefficient (Wildman–Crippen LogP) is 3.52. The van der Waals surface area contributed by atoms with Gasteiger partial charge in [-0.3, -0.25) is 19.4 Å². The number of rotatable bonds is 6. The number of nitrogens with zero attached hydrogens (tertiary/aromatic N) is 2. The van der Waals surface area contributed by atoms with Gasteiger partial charge in [-0.1, -0.05) is 17.7 Å².